The minimum atomic E-state index is -0.920. The Labute approximate surface area is 126 Å². The van der Waals surface area contributed by atoms with Crippen LogP contribution in [0.25, 0.3) is 0 Å². The molecule has 110 valence electrons. The Morgan fingerprint density at radius 3 is 2.65 bits per heavy atom. The Balaban J connectivity index is 2.14. The molecule has 1 aliphatic heterocycles. The summed E-state index contributed by atoms with van der Waals surface area (Å²) >= 11 is 6.28. The van der Waals surface area contributed by atoms with Crippen molar-refractivity contribution in [1.82, 2.24) is 0 Å². The predicted molar refractivity (Wildman–Crippen MR) is 83.5 cm³/mol. The maximum Gasteiger partial charge on any atom is 0.310 e. The molecule has 0 radical (unpaired) electrons. The quantitative estimate of drug-likeness (QED) is 0.866. The molecule has 0 fully saturated rings. The maximum absolute atomic E-state index is 10.1. The van der Waals surface area contributed by atoms with Crippen LogP contribution >= 0.6 is 11.6 Å². The fraction of sp³-hybridized carbons (Fsp3) is 0.600. The molecule has 1 aromatic rings. The largest absolute Gasteiger partial charge is 0.493 e. The molecule has 2 rings (SSSR count). The van der Waals surface area contributed by atoms with Gasteiger partial charge in [0.25, 0.3) is 0 Å². The van der Waals surface area contributed by atoms with Gasteiger partial charge >= 0.3 is 7.48 Å². The van der Waals surface area contributed by atoms with E-state index in [9.17, 15) is 5.11 Å². The number of benzene rings is 1. The van der Waals surface area contributed by atoms with Gasteiger partial charge in [0.2, 0.25) is 0 Å². The van der Waals surface area contributed by atoms with Crippen molar-refractivity contribution in [2.24, 2.45) is 0 Å². The highest BCUT2D eigenvalue weighted by Gasteiger charge is 2.35. The Bertz CT molecular complexity index is 495. The first kappa shape index (κ1) is 15.7. The van der Waals surface area contributed by atoms with Crippen molar-refractivity contribution in [3.8, 4) is 5.75 Å². The van der Waals surface area contributed by atoms with Crippen molar-refractivity contribution in [1.29, 1.82) is 0 Å². The Hall–Kier alpha value is -0.705. The third kappa shape index (κ3) is 3.30. The van der Waals surface area contributed by atoms with Crippen molar-refractivity contribution in [2.45, 2.75) is 51.7 Å². The second-order valence-corrected chi connectivity index (χ2v) is 6.77. The van der Waals surface area contributed by atoms with E-state index in [1.165, 1.54) is 5.56 Å². The monoisotopic (exact) mass is 296 g/mol. The molecule has 20 heavy (non-hydrogen) atoms. The van der Waals surface area contributed by atoms with E-state index < -0.39 is 11.2 Å². The number of rotatable bonds is 4. The van der Waals surface area contributed by atoms with Gasteiger partial charge in [-0.3, -0.25) is 0 Å². The summed E-state index contributed by atoms with van der Waals surface area (Å²) in [4.78, 5) is 0. The number of ether oxygens (including phenoxy) is 1. The highest BCUT2D eigenvalue weighted by atomic mass is 35.5. The predicted octanol–water partition coefficient (Wildman–Crippen LogP) is 2.21. The summed E-state index contributed by atoms with van der Waals surface area (Å²) in [5.74, 6) is 0.881. The molecule has 0 bridgehead atoms. The smallest absolute Gasteiger partial charge is 0.310 e. The van der Waals surface area contributed by atoms with Crippen molar-refractivity contribution in [3.05, 3.63) is 22.7 Å². The number of hydrogen-bond acceptors (Lipinski definition) is 3. The molecule has 0 amide bonds. The van der Waals surface area contributed by atoms with Crippen molar-refractivity contribution in [3.63, 3.8) is 0 Å². The minimum Gasteiger partial charge on any atom is -0.493 e. The maximum atomic E-state index is 10.1. The van der Waals surface area contributed by atoms with Gasteiger partial charge in [-0.25, -0.2) is 0 Å². The first-order valence-corrected chi connectivity index (χ1v) is 7.39. The lowest BCUT2D eigenvalue weighted by atomic mass is 9.81. The van der Waals surface area contributed by atoms with E-state index in [-0.39, 0.29) is 0 Å². The molecule has 0 aliphatic carbocycles. The fourth-order valence-electron chi connectivity index (χ4n) is 1.97. The van der Waals surface area contributed by atoms with Crippen LogP contribution in [0.15, 0.2) is 12.1 Å². The zero-order chi connectivity index (χ0) is 15.0. The molecule has 1 N–H and O–H groups in total. The van der Waals surface area contributed by atoms with Crippen LogP contribution < -0.4 is 10.2 Å². The molecule has 3 nitrogen and oxygen atoms in total. The van der Waals surface area contributed by atoms with Crippen LogP contribution in [0.2, 0.25) is 5.02 Å². The molecule has 1 heterocycles. The van der Waals surface area contributed by atoms with Gasteiger partial charge in [0.05, 0.1) is 17.8 Å². The minimum absolute atomic E-state index is 0.378. The van der Waals surface area contributed by atoms with Gasteiger partial charge in [0.1, 0.15) is 5.75 Å². The molecular formula is C15H22BClO3. The molecule has 1 aliphatic rings. The highest BCUT2D eigenvalue weighted by molar-refractivity contribution is 6.53. The fourth-order valence-corrected chi connectivity index (χ4v) is 2.18. The van der Waals surface area contributed by atoms with Crippen LogP contribution in [-0.4, -0.2) is 30.4 Å². The Kier molecular flexibility index (Phi) is 4.38. The van der Waals surface area contributed by atoms with Gasteiger partial charge in [-0.1, -0.05) is 17.7 Å². The van der Waals surface area contributed by atoms with Crippen molar-refractivity contribution >= 4 is 24.5 Å². The average Bonchev–Trinajstić information content (AvgIpc) is 2.35. The van der Waals surface area contributed by atoms with Gasteiger partial charge in [-0.05, 0) is 57.6 Å². The van der Waals surface area contributed by atoms with Crippen LogP contribution in [0, 0.1) is 0 Å². The highest BCUT2D eigenvalue weighted by Crippen LogP contribution is 2.28. The lowest BCUT2D eigenvalue weighted by Gasteiger charge is -2.37. The summed E-state index contributed by atoms with van der Waals surface area (Å²) in [5, 5.41) is 10.8. The van der Waals surface area contributed by atoms with E-state index in [1.807, 2.05) is 19.9 Å². The zero-order valence-corrected chi connectivity index (χ0v) is 13.4. The molecule has 5 heteroatoms. The van der Waals surface area contributed by atoms with Gasteiger partial charge in [0, 0.05) is 5.02 Å². The summed E-state index contributed by atoms with van der Waals surface area (Å²) in [5.41, 5.74) is 0.549. The molecule has 0 spiro atoms. The lowest BCUT2D eigenvalue weighted by Crippen LogP contribution is -2.49. The first-order valence-electron chi connectivity index (χ1n) is 7.01. The van der Waals surface area contributed by atoms with Crippen molar-refractivity contribution in [2.75, 3.05) is 6.61 Å². The van der Waals surface area contributed by atoms with Crippen LogP contribution in [0.3, 0.4) is 0 Å². The molecule has 0 unspecified atom stereocenters. The average molecular weight is 297 g/mol. The lowest BCUT2D eigenvalue weighted by molar-refractivity contribution is -0.0893. The number of fused-ring (bicyclic) bond motifs is 1. The van der Waals surface area contributed by atoms with Crippen LogP contribution in [0.4, 0.5) is 0 Å². The Morgan fingerprint density at radius 1 is 1.30 bits per heavy atom. The van der Waals surface area contributed by atoms with E-state index in [0.29, 0.717) is 12.5 Å². The first-order chi connectivity index (χ1) is 9.21. The second-order valence-electron chi connectivity index (χ2n) is 6.36. The second kappa shape index (κ2) is 5.59. The third-order valence-electron chi connectivity index (χ3n) is 4.14. The number of aliphatic hydroxyl groups is 1. The van der Waals surface area contributed by atoms with E-state index in [1.54, 1.807) is 13.8 Å². The Morgan fingerprint density at radius 2 is 2.00 bits per heavy atom. The van der Waals surface area contributed by atoms with E-state index >= 15 is 0 Å². The molecule has 0 atom stereocenters. The van der Waals surface area contributed by atoms with Gasteiger partial charge < -0.3 is 14.5 Å². The topological polar surface area (TPSA) is 38.7 Å². The normalized spacial score (nSPS) is 15.5. The standard InChI is InChI=1S/C15H22BClO3/c1-14(2,18)15(3,4)20-16-11-8-10-6-5-7-19-13(10)9-12(11)17/h8-9,16,18H,5-7H2,1-4H3. The molecule has 0 saturated carbocycles. The summed E-state index contributed by atoms with van der Waals surface area (Å²) in [6, 6.07) is 3.92. The molecule has 1 aromatic carbocycles. The molecule has 0 saturated heterocycles. The number of halogens is 1. The van der Waals surface area contributed by atoms with Crippen LogP contribution in [0.5, 0.6) is 5.75 Å². The van der Waals surface area contributed by atoms with Gasteiger partial charge in [0.15, 0.2) is 0 Å². The summed E-state index contributed by atoms with van der Waals surface area (Å²) < 4.78 is 11.5. The summed E-state index contributed by atoms with van der Waals surface area (Å²) in [6.07, 6.45) is 2.04. The van der Waals surface area contributed by atoms with E-state index in [0.717, 1.165) is 30.7 Å². The van der Waals surface area contributed by atoms with Crippen molar-refractivity contribution < 1.29 is 14.5 Å². The number of aryl methyl sites for hydroxylation is 1. The molecule has 0 aromatic heterocycles. The van der Waals surface area contributed by atoms with E-state index in [4.69, 9.17) is 21.0 Å². The summed E-state index contributed by atoms with van der Waals surface area (Å²) in [6.45, 7) is 8.00. The van der Waals surface area contributed by atoms with E-state index in [2.05, 4.69) is 6.07 Å². The number of hydrogen-bond donors (Lipinski definition) is 1. The third-order valence-corrected chi connectivity index (χ3v) is 4.49. The SMILES string of the molecule is CC(C)(O)C(C)(C)OBc1cc2c(cc1Cl)OCCC2. The van der Waals surface area contributed by atoms with Crippen LogP contribution in [-0.2, 0) is 11.1 Å². The zero-order valence-electron chi connectivity index (χ0n) is 12.6. The molecular weight excluding hydrogens is 274 g/mol. The van der Waals surface area contributed by atoms with Gasteiger partial charge in [-0.15, -0.1) is 0 Å². The van der Waals surface area contributed by atoms with Gasteiger partial charge in [-0.2, -0.15) is 0 Å². The van der Waals surface area contributed by atoms with Crippen LogP contribution in [0.1, 0.15) is 39.7 Å². The summed E-state index contributed by atoms with van der Waals surface area (Å²) in [7, 11) is 0.378.